The van der Waals surface area contributed by atoms with Gasteiger partial charge in [-0.25, -0.2) is 0 Å². The summed E-state index contributed by atoms with van der Waals surface area (Å²) in [6.07, 6.45) is 8.38. The monoisotopic (exact) mass is 543 g/mol. The van der Waals surface area contributed by atoms with Gasteiger partial charge in [0.05, 0.1) is 16.9 Å². The zero-order valence-corrected chi connectivity index (χ0v) is 24.2. The molecule has 36 heavy (non-hydrogen) atoms. The van der Waals surface area contributed by atoms with Gasteiger partial charge in [0.25, 0.3) is 20.2 Å². The molecule has 0 fully saturated rings. The van der Waals surface area contributed by atoms with Gasteiger partial charge < -0.3 is 6.74 Å². The summed E-state index contributed by atoms with van der Waals surface area (Å²) in [6, 6.07) is 17.4. The Kier molecular flexibility index (Phi) is 11.1. The first kappa shape index (κ1) is 30.4. The largest absolute Gasteiger partial charge is 1.00 e. The van der Waals surface area contributed by atoms with Gasteiger partial charge in [0.2, 0.25) is 5.69 Å². The number of fused-ring (bicyclic) bond motifs is 1. The van der Waals surface area contributed by atoms with Crippen LogP contribution in [0.1, 0.15) is 33.2 Å². The Morgan fingerprint density at radius 1 is 0.917 bits per heavy atom. The molecule has 2 aromatic rings. The van der Waals surface area contributed by atoms with Crippen molar-refractivity contribution in [1.82, 2.24) is 0 Å². The van der Waals surface area contributed by atoms with E-state index >= 15 is 0 Å². The third-order valence-corrected chi connectivity index (χ3v) is 7.60. The minimum absolute atomic E-state index is 0. The standard InChI is InChI=1S/C25H30N2O6S2.Na.H/c1-25(16-9-19-34(28,29)30)22-13-5-6-14-23(22)27(18-10-20-35(31,32)33)24(25)15-7-8-17-26-21-11-3-2-4-12-21;;/h2-8,11-15,17H,9-10,16,18-20H2,1H3,(H2,28,29,30,31,32,33);;/q;+1;-1/p+1. The maximum absolute atomic E-state index is 11.3. The van der Waals surface area contributed by atoms with E-state index in [4.69, 9.17) is 0 Å². The topological polar surface area (TPSA) is 124 Å². The molecule has 8 nitrogen and oxygen atoms in total. The van der Waals surface area contributed by atoms with E-state index in [-0.39, 0.29) is 55.3 Å². The average Bonchev–Trinajstić information content (AvgIpc) is 3.01. The van der Waals surface area contributed by atoms with Gasteiger partial charge in [-0.15, -0.1) is 0 Å². The van der Waals surface area contributed by atoms with E-state index in [1.165, 1.54) is 0 Å². The van der Waals surface area contributed by atoms with Crippen LogP contribution in [0.5, 0.6) is 0 Å². The third kappa shape index (κ3) is 8.65. The minimum Gasteiger partial charge on any atom is -1.00 e. The van der Waals surface area contributed by atoms with Gasteiger partial charge >= 0.3 is 29.6 Å². The Morgan fingerprint density at radius 3 is 2.19 bits per heavy atom. The summed E-state index contributed by atoms with van der Waals surface area (Å²) in [5.41, 5.74) is 3.17. The second kappa shape index (κ2) is 13.1. The first-order valence-corrected chi connectivity index (χ1v) is 14.5. The van der Waals surface area contributed by atoms with Crippen LogP contribution in [0.3, 0.4) is 0 Å². The van der Waals surface area contributed by atoms with Crippen molar-refractivity contribution in [3.8, 4) is 0 Å². The van der Waals surface area contributed by atoms with Crippen molar-refractivity contribution in [3.05, 3.63) is 84.6 Å². The van der Waals surface area contributed by atoms with Crippen LogP contribution in [-0.2, 0) is 25.7 Å². The molecule has 0 aromatic heterocycles. The average molecular weight is 544 g/mol. The Hall–Kier alpha value is -1.79. The molecule has 0 amide bonds. The van der Waals surface area contributed by atoms with Gasteiger partial charge in [-0.2, -0.15) is 21.4 Å². The normalized spacial score (nSPS) is 18.0. The van der Waals surface area contributed by atoms with Gasteiger partial charge in [-0.1, -0.05) is 42.5 Å². The minimum atomic E-state index is -4.09. The number of nitrogens with zero attached hydrogens (tertiary/aromatic N) is 1. The Labute approximate surface area is 237 Å². The number of anilines is 1. The molecule has 1 atom stereocenters. The van der Waals surface area contributed by atoms with Crippen molar-refractivity contribution in [3.63, 3.8) is 0 Å². The molecule has 1 unspecified atom stereocenters. The number of hydrogen-bond donors (Lipinski definition) is 3. The first-order valence-electron chi connectivity index (χ1n) is 11.3. The van der Waals surface area contributed by atoms with E-state index in [9.17, 15) is 25.9 Å². The van der Waals surface area contributed by atoms with E-state index in [1.807, 2.05) is 84.3 Å². The first-order chi connectivity index (χ1) is 16.5. The molecular formula is C25H32N2NaO6S2+. The number of rotatable bonds is 12. The van der Waals surface area contributed by atoms with Gasteiger partial charge in [0.15, 0.2) is 5.71 Å². The van der Waals surface area contributed by atoms with Crippen LogP contribution in [0, 0.1) is 0 Å². The Morgan fingerprint density at radius 2 is 1.53 bits per heavy atom. The van der Waals surface area contributed by atoms with Crippen LogP contribution in [-0.4, -0.2) is 54.3 Å². The summed E-state index contributed by atoms with van der Waals surface area (Å²) < 4.78 is 65.6. The molecule has 11 heteroatoms. The molecule has 1 aliphatic heterocycles. The number of allylic oxidation sites excluding steroid dienone is 3. The number of benzene rings is 2. The fourth-order valence-corrected chi connectivity index (χ4v) is 5.42. The molecule has 0 saturated heterocycles. The van der Waals surface area contributed by atoms with Crippen molar-refractivity contribution in [1.29, 1.82) is 0 Å². The molecule has 1 aliphatic rings. The van der Waals surface area contributed by atoms with E-state index in [2.05, 4.69) is 5.32 Å². The zero-order valence-electron chi connectivity index (χ0n) is 21.5. The van der Waals surface area contributed by atoms with Crippen LogP contribution in [0.2, 0.25) is 0 Å². The number of para-hydroxylation sites is 2. The summed E-state index contributed by atoms with van der Waals surface area (Å²) in [7, 11) is -8.18. The summed E-state index contributed by atoms with van der Waals surface area (Å²) in [6.45, 7) is 2.38. The second-order valence-corrected chi connectivity index (χ2v) is 11.8. The van der Waals surface area contributed by atoms with Crippen molar-refractivity contribution in [2.75, 3.05) is 23.4 Å². The number of hydrogen-bond acceptors (Lipinski definition) is 5. The van der Waals surface area contributed by atoms with E-state index in [0.29, 0.717) is 13.0 Å². The van der Waals surface area contributed by atoms with Gasteiger partial charge in [-0.05, 0) is 38.0 Å². The molecule has 3 rings (SSSR count). The Bertz CT molecular complexity index is 1350. The maximum Gasteiger partial charge on any atom is 1.00 e. The predicted octanol–water partition coefficient (Wildman–Crippen LogP) is 1.29. The van der Waals surface area contributed by atoms with Crippen molar-refractivity contribution in [2.45, 2.75) is 31.6 Å². The molecule has 0 spiro atoms. The summed E-state index contributed by atoms with van der Waals surface area (Å²) >= 11 is 0. The smallest absolute Gasteiger partial charge is 1.00 e. The van der Waals surface area contributed by atoms with Crippen LogP contribution in [0.4, 0.5) is 11.4 Å². The quantitative estimate of drug-likeness (QED) is 0.160. The maximum atomic E-state index is 11.3. The molecule has 0 saturated carbocycles. The van der Waals surface area contributed by atoms with Crippen molar-refractivity contribution in [2.24, 2.45) is 0 Å². The Balaban J connectivity index is 0.00000342. The summed E-state index contributed by atoms with van der Waals surface area (Å²) in [5.74, 6) is -0.700. The molecule has 3 N–H and O–H groups in total. The van der Waals surface area contributed by atoms with Crippen LogP contribution in [0.25, 0.3) is 0 Å². The third-order valence-electron chi connectivity index (χ3n) is 5.99. The molecule has 0 aliphatic carbocycles. The summed E-state index contributed by atoms with van der Waals surface area (Å²) in [4.78, 5) is 0. The van der Waals surface area contributed by atoms with Crippen LogP contribution in [0.15, 0.2) is 79.0 Å². The van der Waals surface area contributed by atoms with Crippen LogP contribution < -0.4 is 34.9 Å². The van der Waals surface area contributed by atoms with E-state index < -0.39 is 25.7 Å². The molecule has 0 bridgehead atoms. The fraction of sp³-hybridized carbons (Fsp3) is 0.320. The molecule has 2 aromatic carbocycles. The second-order valence-electron chi connectivity index (χ2n) is 8.64. The van der Waals surface area contributed by atoms with E-state index in [0.717, 1.165) is 22.6 Å². The van der Waals surface area contributed by atoms with Gasteiger partial charge in [0.1, 0.15) is 6.54 Å². The molecule has 1 heterocycles. The zero-order chi connectivity index (χ0) is 25.5. The van der Waals surface area contributed by atoms with Crippen molar-refractivity contribution < 1.29 is 61.5 Å². The number of nitrogens with one attached hydrogen (secondary N) is 1. The van der Waals surface area contributed by atoms with Crippen LogP contribution >= 0.6 is 0 Å². The van der Waals surface area contributed by atoms with Gasteiger partial charge in [-0.3, -0.25) is 9.11 Å². The van der Waals surface area contributed by atoms with Gasteiger partial charge in [0, 0.05) is 36.0 Å². The molecular weight excluding hydrogens is 511 g/mol. The summed E-state index contributed by atoms with van der Waals surface area (Å²) in [5, 5.41) is 3.18. The molecule has 0 radical (unpaired) electrons. The predicted molar refractivity (Wildman–Crippen MR) is 140 cm³/mol. The SMILES string of the molecule is CC1(CCCS(=O)(=O)O)C(/C=C/C=C/Nc2ccccc2)=[N+](CCCS(=O)(=O)O)c2ccccc21.[H-].[Na+]. The fourth-order valence-electron chi connectivity index (χ4n) is 4.41. The van der Waals surface area contributed by atoms with Crippen molar-refractivity contribution >= 4 is 37.3 Å². The van der Waals surface area contributed by atoms with E-state index in [1.54, 1.807) is 6.20 Å². The molecule has 190 valence electrons.